The third-order valence-corrected chi connectivity index (χ3v) is 3.70. The number of nitrogens with zero attached hydrogens (tertiary/aromatic N) is 1. The third-order valence-electron chi connectivity index (χ3n) is 3.09. The van der Waals surface area contributed by atoms with Crippen LogP contribution >= 0.6 is 15.9 Å². The molecule has 3 nitrogen and oxygen atoms in total. The second kappa shape index (κ2) is 6.72. The molecule has 21 heavy (non-hydrogen) atoms. The Morgan fingerprint density at radius 3 is 2.48 bits per heavy atom. The average molecular weight is 352 g/mol. The minimum atomic E-state index is -0.385. The maximum Gasteiger partial charge on any atom is 0.253 e. The van der Waals surface area contributed by atoms with Crippen LogP contribution in [0.2, 0.25) is 0 Å². The van der Waals surface area contributed by atoms with E-state index in [1.807, 2.05) is 24.3 Å². The zero-order valence-electron chi connectivity index (χ0n) is 11.8. The highest BCUT2D eigenvalue weighted by atomic mass is 79.9. The maximum atomic E-state index is 13.2. The van der Waals surface area contributed by atoms with Crippen molar-refractivity contribution in [3.05, 3.63) is 63.9 Å². The number of hydrogen-bond acceptors (Lipinski definition) is 2. The van der Waals surface area contributed by atoms with Gasteiger partial charge in [-0.3, -0.25) is 4.79 Å². The van der Waals surface area contributed by atoms with Crippen LogP contribution in [0.4, 0.5) is 4.39 Å². The van der Waals surface area contributed by atoms with Gasteiger partial charge in [0.25, 0.3) is 5.91 Å². The van der Waals surface area contributed by atoms with Gasteiger partial charge >= 0.3 is 0 Å². The quantitative estimate of drug-likeness (QED) is 0.836. The van der Waals surface area contributed by atoms with E-state index in [4.69, 9.17) is 4.74 Å². The van der Waals surface area contributed by atoms with Crippen molar-refractivity contribution >= 4 is 21.8 Å². The van der Waals surface area contributed by atoms with Crippen molar-refractivity contribution in [1.29, 1.82) is 0 Å². The minimum Gasteiger partial charge on any atom is -0.497 e. The van der Waals surface area contributed by atoms with Gasteiger partial charge in [0, 0.05) is 19.2 Å². The largest absolute Gasteiger partial charge is 0.497 e. The van der Waals surface area contributed by atoms with Crippen LogP contribution < -0.4 is 4.74 Å². The summed E-state index contributed by atoms with van der Waals surface area (Å²) >= 11 is 3.09. The van der Waals surface area contributed by atoms with Gasteiger partial charge in [-0.25, -0.2) is 4.39 Å². The molecule has 1 amide bonds. The van der Waals surface area contributed by atoms with Crippen molar-refractivity contribution in [2.45, 2.75) is 6.54 Å². The molecule has 2 aromatic rings. The summed E-state index contributed by atoms with van der Waals surface area (Å²) in [6, 6.07) is 11.8. The molecule has 0 N–H and O–H groups in total. The van der Waals surface area contributed by atoms with Gasteiger partial charge in [-0.05, 0) is 51.8 Å². The van der Waals surface area contributed by atoms with E-state index in [1.165, 1.54) is 18.2 Å². The van der Waals surface area contributed by atoms with Crippen LogP contribution in [0, 0.1) is 5.82 Å². The molecule has 0 spiro atoms. The number of carbonyl (C=O) groups is 1. The van der Waals surface area contributed by atoms with Crippen LogP contribution in [0.25, 0.3) is 0 Å². The molecule has 0 saturated heterocycles. The van der Waals surface area contributed by atoms with Crippen molar-refractivity contribution in [1.82, 2.24) is 4.90 Å². The fraction of sp³-hybridized carbons (Fsp3) is 0.188. The second-order valence-electron chi connectivity index (χ2n) is 4.64. The first kappa shape index (κ1) is 15.5. The molecule has 0 aliphatic heterocycles. The average Bonchev–Trinajstić information content (AvgIpc) is 2.50. The lowest BCUT2D eigenvalue weighted by Gasteiger charge is -2.17. The van der Waals surface area contributed by atoms with Crippen LogP contribution in [0.1, 0.15) is 15.9 Å². The monoisotopic (exact) mass is 351 g/mol. The van der Waals surface area contributed by atoms with Gasteiger partial charge in [0.2, 0.25) is 0 Å². The minimum absolute atomic E-state index is 0.161. The van der Waals surface area contributed by atoms with Crippen molar-refractivity contribution in [3.63, 3.8) is 0 Å². The number of rotatable bonds is 4. The number of ether oxygens (including phenoxy) is 1. The van der Waals surface area contributed by atoms with Gasteiger partial charge in [-0.2, -0.15) is 0 Å². The Hall–Kier alpha value is -1.88. The molecule has 2 rings (SSSR count). The van der Waals surface area contributed by atoms with Crippen molar-refractivity contribution in [2.24, 2.45) is 0 Å². The van der Waals surface area contributed by atoms with E-state index in [0.29, 0.717) is 12.1 Å². The Labute approximate surface area is 131 Å². The molecule has 5 heteroatoms. The molecule has 0 aliphatic rings. The van der Waals surface area contributed by atoms with E-state index in [9.17, 15) is 9.18 Å². The molecule has 0 saturated carbocycles. The van der Waals surface area contributed by atoms with Gasteiger partial charge < -0.3 is 9.64 Å². The first-order chi connectivity index (χ1) is 10.0. The standard InChI is InChI=1S/C16H15BrFNO2/c1-19(10-11-3-6-13(21-2)7-4-11)16(20)12-5-8-15(18)14(17)9-12/h3-9H,10H2,1-2H3. The Kier molecular flexibility index (Phi) is 4.96. The summed E-state index contributed by atoms with van der Waals surface area (Å²) in [5.74, 6) is 0.228. The van der Waals surface area contributed by atoms with Gasteiger partial charge in [-0.1, -0.05) is 12.1 Å². The molecule has 110 valence electrons. The summed E-state index contributed by atoms with van der Waals surface area (Å²) in [6.45, 7) is 0.470. The smallest absolute Gasteiger partial charge is 0.253 e. The zero-order chi connectivity index (χ0) is 15.4. The van der Waals surface area contributed by atoms with E-state index in [0.717, 1.165) is 11.3 Å². The molecule has 0 atom stereocenters. The highest BCUT2D eigenvalue weighted by Gasteiger charge is 2.13. The summed E-state index contributed by atoms with van der Waals surface area (Å²) in [7, 11) is 3.32. The molecule has 0 fully saturated rings. The molecular formula is C16H15BrFNO2. The summed E-state index contributed by atoms with van der Waals surface area (Å²) in [5, 5.41) is 0. The topological polar surface area (TPSA) is 29.5 Å². The van der Waals surface area contributed by atoms with E-state index in [2.05, 4.69) is 15.9 Å². The van der Waals surface area contributed by atoms with Crippen LogP contribution in [-0.4, -0.2) is 25.0 Å². The molecule has 2 aromatic carbocycles. The molecule has 0 heterocycles. The van der Waals surface area contributed by atoms with E-state index >= 15 is 0 Å². The maximum absolute atomic E-state index is 13.2. The molecule has 0 bridgehead atoms. The Bertz CT molecular complexity index is 643. The van der Waals surface area contributed by atoms with Crippen LogP contribution in [0.3, 0.4) is 0 Å². The number of halogens is 2. The van der Waals surface area contributed by atoms with Gasteiger partial charge in [0.1, 0.15) is 11.6 Å². The Morgan fingerprint density at radius 1 is 1.24 bits per heavy atom. The van der Waals surface area contributed by atoms with Crippen molar-refractivity contribution in [2.75, 3.05) is 14.2 Å². The Balaban J connectivity index is 2.09. The predicted octanol–water partition coefficient (Wildman–Crippen LogP) is 3.87. The van der Waals surface area contributed by atoms with Crippen LogP contribution in [-0.2, 0) is 6.54 Å². The first-order valence-corrected chi connectivity index (χ1v) is 7.14. The van der Waals surface area contributed by atoms with Gasteiger partial charge in [0.05, 0.1) is 11.6 Å². The summed E-state index contributed by atoms with van der Waals surface area (Å²) in [5.41, 5.74) is 1.44. The van der Waals surface area contributed by atoms with Gasteiger partial charge in [0.15, 0.2) is 0 Å². The lowest BCUT2D eigenvalue weighted by atomic mass is 10.1. The molecule has 0 unspecified atom stereocenters. The summed E-state index contributed by atoms with van der Waals surface area (Å²) in [4.78, 5) is 13.9. The summed E-state index contributed by atoms with van der Waals surface area (Å²) < 4.78 is 18.6. The molecular weight excluding hydrogens is 337 g/mol. The lowest BCUT2D eigenvalue weighted by molar-refractivity contribution is 0.0785. The predicted molar refractivity (Wildman–Crippen MR) is 82.9 cm³/mol. The number of carbonyl (C=O) groups excluding carboxylic acids is 1. The van der Waals surface area contributed by atoms with E-state index in [1.54, 1.807) is 19.1 Å². The normalized spacial score (nSPS) is 10.3. The fourth-order valence-electron chi connectivity index (χ4n) is 1.93. The van der Waals surface area contributed by atoms with E-state index < -0.39 is 0 Å². The number of hydrogen-bond donors (Lipinski definition) is 0. The Morgan fingerprint density at radius 2 is 1.90 bits per heavy atom. The molecule has 0 aromatic heterocycles. The fourth-order valence-corrected chi connectivity index (χ4v) is 2.30. The number of methoxy groups -OCH3 is 1. The highest BCUT2D eigenvalue weighted by Crippen LogP contribution is 2.19. The van der Waals surface area contributed by atoms with Gasteiger partial charge in [-0.15, -0.1) is 0 Å². The van der Waals surface area contributed by atoms with Crippen molar-refractivity contribution in [3.8, 4) is 5.75 Å². The number of amides is 1. The lowest BCUT2D eigenvalue weighted by Crippen LogP contribution is -2.26. The van der Waals surface area contributed by atoms with Crippen molar-refractivity contribution < 1.29 is 13.9 Å². The van der Waals surface area contributed by atoms with Crippen LogP contribution in [0.15, 0.2) is 46.9 Å². The van der Waals surface area contributed by atoms with E-state index in [-0.39, 0.29) is 16.2 Å². The molecule has 0 radical (unpaired) electrons. The summed E-state index contributed by atoms with van der Waals surface area (Å²) in [6.07, 6.45) is 0. The second-order valence-corrected chi connectivity index (χ2v) is 5.49. The SMILES string of the molecule is COc1ccc(CN(C)C(=O)c2ccc(F)c(Br)c2)cc1. The number of benzene rings is 2. The first-order valence-electron chi connectivity index (χ1n) is 6.34. The van der Waals surface area contributed by atoms with Crippen LogP contribution in [0.5, 0.6) is 5.75 Å². The third kappa shape index (κ3) is 3.82. The highest BCUT2D eigenvalue weighted by molar-refractivity contribution is 9.10. The molecule has 0 aliphatic carbocycles. The zero-order valence-corrected chi connectivity index (χ0v) is 13.4.